The van der Waals surface area contributed by atoms with Gasteiger partial charge in [-0.1, -0.05) is 30.9 Å². The van der Waals surface area contributed by atoms with E-state index in [2.05, 4.69) is 4.98 Å². The van der Waals surface area contributed by atoms with E-state index in [1.54, 1.807) is 28.8 Å². The number of nitrogens with zero attached hydrogens (tertiary/aromatic N) is 2. The highest BCUT2D eigenvalue weighted by Gasteiger charge is 2.34. The molecule has 1 saturated carbocycles. The summed E-state index contributed by atoms with van der Waals surface area (Å²) in [7, 11) is 0. The van der Waals surface area contributed by atoms with Gasteiger partial charge in [0.2, 0.25) is 0 Å². The van der Waals surface area contributed by atoms with E-state index >= 15 is 0 Å². The first-order chi connectivity index (χ1) is 13.5. The quantitative estimate of drug-likeness (QED) is 0.594. The molecule has 0 amide bonds. The van der Waals surface area contributed by atoms with Crippen LogP contribution in [-0.4, -0.2) is 20.6 Å². The van der Waals surface area contributed by atoms with Crippen LogP contribution in [0.3, 0.4) is 0 Å². The Hall–Kier alpha value is -2.47. The van der Waals surface area contributed by atoms with Crippen molar-refractivity contribution in [1.82, 2.24) is 9.55 Å². The van der Waals surface area contributed by atoms with E-state index in [0.717, 1.165) is 44.2 Å². The average Bonchev–Trinajstić information content (AvgIpc) is 3.02. The summed E-state index contributed by atoms with van der Waals surface area (Å²) in [5.41, 5.74) is 1.15. The number of benzene rings is 2. The van der Waals surface area contributed by atoms with Crippen LogP contribution >= 0.6 is 11.6 Å². The van der Waals surface area contributed by atoms with E-state index in [-0.39, 0.29) is 17.0 Å². The fraction of sp³-hybridized carbons (Fsp3) is 0.333. The Bertz CT molecular complexity index is 1030. The van der Waals surface area contributed by atoms with E-state index < -0.39 is 23.6 Å². The topological polar surface area (TPSA) is 55.1 Å². The lowest BCUT2D eigenvalue weighted by Gasteiger charge is -2.29. The molecule has 3 aromatic rings. The van der Waals surface area contributed by atoms with Crippen molar-refractivity contribution in [3.8, 4) is 11.4 Å². The number of aliphatic carboxylic acids is 1. The molecule has 1 aliphatic carbocycles. The predicted molar refractivity (Wildman–Crippen MR) is 103 cm³/mol. The third kappa shape index (κ3) is 3.37. The molecule has 1 fully saturated rings. The normalized spacial score (nSPS) is 16.4. The molecule has 28 heavy (non-hydrogen) atoms. The van der Waals surface area contributed by atoms with Gasteiger partial charge in [-0.15, -0.1) is 0 Å². The first-order valence-corrected chi connectivity index (χ1v) is 9.69. The summed E-state index contributed by atoms with van der Waals surface area (Å²) < 4.78 is 29.4. The summed E-state index contributed by atoms with van der Waals surface area (Å²) in [6.45, 7) is 0. The summed E-state index contributed by atoms with van der Waals surface area (Å²) in [6.07, 6.45) is 4.55. The van der Waals surface area contributed by atoms with Gasteiger partial charge in [-0.3, -0.25) is 0 Å². The molecular weight excluding hydrogens is 386 g/mol. The van der Waals surface area contributed by atoms with Gasteiger partial charge in [0.25, 0.3) is 0 Å². The molecule has 4 rings (SSSR count). The standard InChI is InChI=1S/C21H19ClF2N2O2/c22-14-8-6-13(7-9-14)20-25-17-10-15(23)16(24)11-18(17)26(20)19(21(27)28)12-4-2-1-3-5-12/h6-12,19H,1-5H2,(H,27,28)/t19-/m0/s1. The first-order valence-electron chi connectivity index (χ1n) is 9.31. The summed E-state index contributed by atoms with van der Waals surface area (Å²) in [5.74, 6) is -2.75. The maximum Gasteiger partial charge on any atom is 0.327 e. The second-order valence-electron chi connectivity index (χ2n) is 7.25. The third-order valence-corrected chi connectivity index (χ3v) is 5.71. The lowest BCUT2D eigenvalue weighted by Crippen LogP contribution is -2.29. The number of imidazole rings is 1. The van der Waals surface area contributed by atoms with Crippen molar-refractivity contribution in [1.29, 1.82) is 0 Å². The predicted octanol–water partition coefficient (Wildman–Crippen LogP) is 5.84. The summed E-state index contributed by atoms with van der Waals surface area (Å²) in [5, 5.41) is 10.6. The van der Waals surface area contributed by atoms with Crippen LogP contribution in [0.1, 0.15) is 38.1 Å². The number of carboxylic acid groups (broad SMARTS) is 1. The van der Waals surface area contributed by atoms with Crippen molar-refractivity contribution in [2.24, 2.45) is 5.92 Å². The summed E-state index contributed by atoms with van der Waals surface area (Å²) in [4.78, 5) is 16.8. The zero-order valence-electron chi connectivity index (χ0n) is 15.0. The van der Waals surface area contributed by atoms with E-state index in [1.165, 1.54) is 0 Å². The zero-order chi connectivity index (χ0) is 19.8. The lowest BCUT2D eigenvalue weighted by atomic mass is 9.83. The van der Waals surface area contributed by atoms with Gasteiger partial charge in [0, 0.05) is 22.7 Å². The van der Waals surface area contributed by atoms with Gasteiger partial charge in [0.05, 0.1) is 11.0 Å². The van der Waals surface area contributed by atoms with E-state index in [0.29, 0.717) is 16.4 Å². The Balaban J connectivity index is 1.97. The molecule has 0 spiro atoms. The number of hydrogen-bond donors (Lipinski definition) is 1. The van der Waals surface area contributed by atoms with Crippen LogP contribution in [0.25, 0.3) is 22.4 Å². The minimum absolute atomic E-state index is 0.0946. The Kier molecular flexibility index (Phi) is 5.06. The van der Waals surface area contributed by atoms with Crippen LogP contribution in [0.5, 0.6) is 0 Å². The number of fused-ring (bicyclic) bond motifs is 1. The molecule has 1 atom stereocenters. The van der Waals surface area contributed by atoms with E-state index in [4.69, 9.17) is 11.6 Å². The molecule has 1 aliphatic rings. The molecule has 7 heteroatoms. The van der Waals surface area contributed by atoms with Crippen LogP contribution in [0.2, 0.25) is 5.02 Å². The van der Waals surface area contributed by atoms with E-state index in [1.807, 2.05) is 0 Å². The molecule has 0 bridgehead atoms. The van der Waals surface area contributed by atoms with Crippen molar-refractivity contribution in [2.45, 2.75) is 38.1 Å². The molecule has 4 nitrogen and oxygen atoms in total. The molecule has 0 saturated heterocycles. The maximum absolute atomic E-state index is 14.0. The van der Waals surface area contributed by atoms with Crippen molar-refractivity contribution < 1.29 is 18.7 Å². The molecule has 1 heterocycles. The second-order valence-corrected chi connectivity index (χ2v) is 7.68. The minimum Gasteiger partial charge on any atom is -0.480 e. The van der Waals surface area contributed by atoms with Crippen LogP contribution < -0.4 is 0 Å². The molecule has 2 aromatic carbocycles. The average molecular weight is 405 g/mol. The van der Waals surface area contributed by atoms with Crippen molar-refractivity contribution in [3.63, 3.8) is 0 Å². The molecule has 146 valence electrons. The second kappa shape index (κ2) is 7.51. The SMILES string of the molecule is O=C(O)[C@H](C1CCCCC1)n1c(-c2ccc(Cl)cc2)nc2cc(F)c(F)cc21. The number of aromatic nitrogens is 2. The van der Waals surface area contributed by atoms with Crippen LogP contribution in [-0.2, 0) is 4.79 Å². The van der Waals surface area contributed by atoms with Gasteiger partial charge < -0.3 is 9.67 Å². The largest absolute Gasteiger partial charge is 0.480 e. The van der Waals surface area contributed by atoms with Gasteiger partial charge >= 0.3 is 5.97 Å². The van der Waals surface area contributed by atoms with Gasteiger partial charge in [0.1, 0.15) is 11.9 Å². The highest BCUT2D eigenvalue weighted by Crippen LogP contribution is 2.38. The van der Waals surface area contributed by atoms with Gasteiger partial charge in [0.15, 0.2) is 11.6 Å². The number of rotatable bonds is 4. The molecule has 1 N–H and O–H groups in total. The van der Waals surface area contributed by atoms with Crippen LogP contribution in [0, 0.1) is 17.6 Å². The first kappa shape index (κ1) is 18.9. The Morgan fingerprint density at radius 1 is 1.11 bits per heavy atom. The summed E-state index contributed by atoms with van der Waals surface area (Å²) in [6, 6.07) is 7.96. The fourth-order valence-corrected chi connectivity index (χ4v) is 4.27. The zero-order valence-corrected chi connectivity index (χ0v) is 15.8. The number of hydrogen-bond acceptors (Lipinski definition) is 2. The summed E-state index contributed by atoms with van der Waals surface area (Å²) >= 11 is 5.97. The Labute approximate surface area is 165 Å². The molecule has 0 aliphatic heterocycles. The van der Waals surface area contributed by atoms with Crippen LogP contribution in [0.4, 0.5) is 8.78 Å². The number of carboxylic acids is 1. The lowest BCUT2D eigenvalue weighted by molar-refractivity contribution is -0.143. The number of halogens is 3. The third-order valence-electron chi connectivity index (χ3n) is 5.46. The van der Waals surface area contributed by atoms with Crippen molar-refractivity contribution >= 4 is 28.6 Å². The number of carbonyl (C=O) groups is 1. The Morgan fingerprint density at radius 3 is 2.39 bits per heavy atom. The van der Waals surface area contributed by atoms with Gasteiger partial charge in [-0.05, 0) is 43.0 Å². The van der Waals surface area contributed by atoms with Crippen LogP contribution in [0.15, 0.2) is 36.4 Å². The van der Waals surface area contributed by atoms with Gasteiger partial charge in [-0.2, -0.15) is 0 Å². The maximum atomic E-state index is 14.0. The monoisotopic (exact) mass is 404 g/mol. The molecular formula is C21H19ClF2N2O2. The molecule has 1 aromatic heterocycles. The van der Waals surface area contributed by atoms with Crippen molar-refractivity contribution in [2.75, 3.05) is 0 Å². The van der Waals surface area contributed by atoms with Gasteiger partial charge in [-0.25, -0.2) is 18.6 Å². The highest BCUT2D eigenvalue weighted by atomic mass is 35.5. The van der Waals surface area contributed by atoms with E-state index in [9.17, 15) is 18.7 Å². The molecule has 0 unspecified atom stereocenters. The highest BCUT2D eigenvalue weighted by molar-refractivity contribution is 6.30. The smallest absolute Gasteiger partial charge is 0.327 e. The fourth-order valence-electron chi connectivity index (χ4n) is 4.15. The Morgan fingerprint density at radius 2 is 1.75 bits per heavy atom. The molecule has 0 radical (unpaired) electrons. The van der Waals surface area contributed by atoms with Crippen molar-refractivity contribution in [3.05, 3.63) is 53.1 Å². The minimum atomic E-state index is -1.02.